The zero-order chi connectivity index (χ0) is 20.0. The van der Waals surface area contributed by atoms with Crippen LogP contribution in [-0.2, 0) is 0 Å². The Hall–Kier alpha value is -2.25. The van der Waals surface area contributed by atoms with Crippen molar-refractivity contribution >= 4 is 38.9 Å². The lowest BCUT2D eigenvalue weighted by Gasteiger charge is -2.38. The van der Waals surface area contributed by atoms with E-state index in [9.17, 15) is 10.1 Å². The van der Waals surface area contributed by atoms with Crippen LogP contribution in [0.2, 0.25) is 5.02 Å². The molecule has 0 saturated carbocycles. The van der Waals surface area contributed by atoms with Crippen molar-refractivity contribution in [2.24, 2.45) is 5.92 Å². The fourth-order valence-corrected chi connectivity index (χ4v) is 5.09. The Morgan fingerprint density at radius 1 is 1.25 bits per heavy atom. The van der Waals surface area contributed by atoms with Crippen LogP contribution in [0.3, 0.4) is 0 Å². The number of allylic oxidation sites excluding steroid dienone is 2. The predicted molar refractivity (Wildman–Crippen MR) is 112 cm³/mol. The number of hydrogen-bond acceptors (Lipinski definition) is 5. The Labute approximate surface area is 175 Å². The van der Waals surface area contributed by atoms with Crippen LogP contribution >= 0.6 is 27.5 Å². The highest BCUT2D eigenvalue weighted by atomic mass is 79.9. The van der Waals surface area contributed by atoms with Gasteiger partial charge in [0, 0.05) is 18.1 Å². The van der Waals surface area contributed by atoms with Gasteiger partial charge in [-0.15, -0.1) is 0 Å². The van der Waals surface area contributed by atoms with Crippen LogP contribution in [0.1, 0.15) is 29.5 Å². The molecule has 8 heteroatoms. The van der Waals surface area contributed by atoms with Gasteiger partial charge >= 0.3 is 0 Å². The van der Waals surface area contributed by atoms with Gasteiger partial charge in [0.25, 0.3) is 5.69 Å². The zero-order valence-electron chi connectivity index (χ0n) is 15.2. The van der Waals surface area contributed by atoms with Gasteiger partial charge in [-0.2, -0.15) is 0 Å². The Balaban J connectivity index is 1.82. The summed E-state index contributed by atoms with van der Waals surface area (Å²) in [7, 11) is 3.20. The number of rotatable bonds is 4. The first-order chi connectivity index (χ1) is 13.4. The summed E-state index contributed by atoms with van der Waals surface area (Å²) in [5.41, 5.74) is 2.66. The summed E-state index contributed by atoms with van der Waals surface area (Å²) in [5, 5.41) is 15.1. The molecule has 0 spiro atoms. The number of hydrogen-bond donors (Lipinski definition) is 1. The molecule has 0 aromatic heterocycles. The van der Waals surface area contributed by atoms with Gasteiger partial charge in [0.05, 0.1) is 40.4 Å². The van der Waals surface area contributed by atoms with Crippen molar-refractivity contribution in [3.8, 4) is 11.5 Å². The van der Waals surface area contributed by atoms with E-state index in [1.165, 1.54) is 6.07 Å². The molecule has 28 heavy (non-hydrogen) atoms. The summed E-state index contributed by atoms with van der Waals surface area (Å²) in [5.74, 6) is 1.55. The summed E-state index contributed by atoms with van der Waals surface area (Å²) < 4.78 is 11.7. The van der Waals surface area contributed by atoms with E-state index in [2.05, 4.69) is 33.4 Å². The Kier molecular flexibility index (Phi) is 4.97. The van der Waals surface area contributed by atoms with Gasteiger partial charge in [0.2, 0.25) is 0 Å². The number of anilines is 1. The van der Waals surface area contributed by atoms with Crippen LogP contribution in [-0.4, -0.2) is 19.1 Å². The third-order valence-electron chi connectivity index (χ3n) is 5.43. The van der Waals surface area contributed by atoms with Crippen LogP contribution in [0.5, 0.6) is 11.5 Å². The molecule has 146 valence electrons. The number of nitro benzene ring substituents is 1. The molecule has 4 rings (SSSR count). The maximum absolute atomic E-state index is 11.3. The summed E-state index contributed by atoms with van der Waals surface area (Å²) in [6.45, 7) is 0. The summed E-state index contributed by atoms with van der Waals surface area (Å²) in [6, 6.07) is 6.97. The first-order valence-corrected chi connectivity index (χ1v) is 9.94. The zero-order valence-corrected chi connectivity index (χ0v) is 17.6. The van der Waals surface area contributed by atoms with Gasteiger partial charge in [0.1, 0.15) is 0 Å². The number of non-ortho nitro benzene ring substituents is 1. The highest BCUT2D eigenvalue weighted by Crippen LogP contribution is 2.53. The second-order valence-corrected chi connectivity index (χ2v) is 8.12. The number of nitrogens with one attached hydrogen (secondary N) is 1. The van der Waals surface area contributed by atoms with Crippen molar-refractivity contribution in [1.29, 1.82) is 0 Å². The minimum absolute atomic E-state index is 0.0110. The molecular formula is C20H18BrClN2O4. The highest BCUT2D eigenvalue weighted by molar-refractivity contribution is 9.10. The van der Waals surface area contributed by atoms with Gasteiger partial charge in [-0.25, -0.2) is 0 Å². The molecule has 1 aliphatic carbocycles. The third-order valence-corrected chi connectivity index (χ3v) is 6.32. The molecule has 0 saturated heterocycles. The van der Waals surface area contributed by atoms with E-state index in [4.69, 9.17) is 21.1 Å². The lowest BCUT2D eigenvalue weighted by molar-refractivity contribution is -0.384. The maximum atomic E-state index is 11.3. The first kappa shape index (κ1) is 19.1. The smallest absolute Gasteiger partial charge is 0.271 e. The first-order valence-electron chi connectivity index (χ1n) is 8.77. The minimum Gasteiger partial charge on any atom is -0.493 e. The predicted octanol–water partition coefficient (Wildman–Crippen LogP) is 5.85. The van der Waals surface area contributed by atoms with Gasteiger partial charge in [-0.1, -0.05) is 23.8 Å². The second-order valence-electron chi connectivity index (χ2n) is 6.86. The lowest BCUT2D eigenvalue weighted by Crippen LogP contribution is -2.29. The van der Waals surface area contributed by atoms with Crippen molar-refractivity contribution in [3.05, 3.63) is 67.2 Å². The SMILES string of the molecule is COc1cc([C@@H]2Nc3c(Cl)cc([N+](=O)[O-])cc3[C@H]3C=CC[C@H]32)cc(Br)c1OC. The quantitative estimate of drug-likeness (QED) is 0.348. The molecule has 2 aromatic rings. The summed E-state index contributed by atoms with van der Waals surface area (Å²) in [4.78, 5) is 10.9. The number of methoxy groups -OCH3 is 2. The number of fused-ring (bicyclic) bond motifs is 3. The number of halogens is 2. The average molecular weight is 466 g/mol. The second kappa shape index (κ2) is 7.29. The molecule has 1 heterocycles. The molecule has 1 N–H and O–H groups in total. The van der Waals surface area contributed by atoms with Crippen molar-refractivity contribution in [2.75, 3.05) is 19.5 Å². The standard InChI is InChI=1S/C20H18BrClN2O4/c1-27-17-7-10(6-15(21)20(17)28-2)18-13-5-3-4-12(13)14-8-11(24(25)26)9-16(22)19(14)23-18/h3-4,6-9,12-13,18,23H,5H2,1-2H3/t12-,13+,18-/m0/s1. The fourth-order valence-electron chi connectivity index (χ4n) is 4.19. The summed E-state index contributed by atoms with van der Waals surface area (Å²) >= 11 is 9.99. The molecule has 0 radical (unpaired) electrons. The Bertz CT molecular complexity index is 995. The Morgan fingerprint density at radius 3 is 2.71 bits per heavy atom. The molecule has 2 aromatic carbocycles. The van der Waals surface area contributed by atoms with Crippen LogP contribution in [0, 0.1) is 16.0 Å². The molecule has 0 unspecified atom stereocenters. The highest BCUT2D eigenvalue weighted by Gasteiger charge is 2.40. The number of benzene rings is 2. The molecule has 0 bridgehead atoms. The third kappa shape index (κ3) is 3.02. The van der Waals surface area contributed by atoms with Gasteiger partial charge < -0.3 is 14.8 Å². The largest absolute Gasteiger partial charge is 0.493 e. The van der Waals surface area contributed by atoms with E-state index in [0.717, 1.165) is 27.7 Å². The maximum Gasteiger partial charge on any atom is 0.271 e. The number of nitro groups is 1. The van der Waals surface area contributed by atoms with E-state index in [-0.39, 0.29) is 23.6 Å². The topological polar surface area (TPSA) is 73.6 Å². The monoisotopic (exact) mass is 464 g/mol. The van der Waals surface area contributed by atoms with E-state index in [1.807, 2.05) is 12.1 Å². The van der Waals surface area contributed by atoms with E-state index in [1.54, 1.807) is 20.3 Å². The molecule has 6 nitrogen and oxygen atoms in total. The summed E-state index contributed by atoms with van der Waals surface area (Å²) in [6.07, 6.45) is 5.11. The molecule has 0 amide bonds. The van der Waals surface area contributed by atoms with Crippen molar-refractivity contribution in [2.45, 2.75) is 18.4 Å². The minimum atomic E-state index is -0.405. The van der Waals surface area contributed by atoms with Crippen molar-refractivity contribution in [3.63, 3.8) is 0 Å². The number of nitrogens with zero attached hydrogens (tertiary/aromatic N) is 1. The molecule has 0 fully saturated rings. The molecule has 2 aliphatic rings. The van der Waals surface area contributed by atoms with E-state index < -0.39 is 4.92 Å². The fraction of sp³-hybridized carbons (Fsp3) is 0.300. The van der Waals surface area contributed by atoms with E-state index >= 15 is 0 Å². The normalized spacial score (nSPS) is 22.2. The van der Waals surface area contributed by atoms with Gasteiger partial charge in [0.15, 0.2) is 11.5 Å². The molecule has 3 atom stereocenters. The number of ether oxygens (including phenoxy) is 2. The van der Waals surface area contributed by atoms with Crippen LogP contribution in [0.25, 0.3) is 0 Å². The van der Waals surface area contributed by atoms with Crippen molar-refractivity contribution < 1.29 is 14.4 Å². The van der Waals surface area contributed by atoms with Crippen LogP contribution in [0.4, 0.5) is 11.4 Å². The van der Waals surface area contributed by atoms with Crippen LogP contribution in [0.15, 0.2) is 40.9 Å². The lowest BCUT2D eigenvalue weighted by atomic mass is 9.77. The molecule has 1 aliphatic heterocycles. The van der Waals surface area contributed by atoms with E-state index in [0.29, 0.717) is 16.5 Å². The van der Waals surface area contributed by atoms with Gasteiger partial charge in [-0.3, -0.25) is 10.1 Å². The Morgan fingerprint density at radius 2 is 2.04 bits per heavy atom. The van der Waals surface area contributed by atoms with Gasteiger partial charge in [-0.05, 0) is 51.5 Å². The molecular weight excluding hydrogens is 448 g/mol. The van der Waals surface area contributed by atoms with Crippen LogP contribution < -0.4 is 14.8 Å². The average Bonchev–Trinajstić information content (AvgIpc) is 3.16. The van der Waals surface area contributed by atoms with Crippen molar-refractivity contribution in [1.82, 2.24) is 0 Å².